The summed E-state index contributed by atoms with van der Waals surface area (Å²) in [6, 6.07) is 9.81. The lowest BCUT2D eigenvalue weighted by atomic mass is 9.84. The summed E-state index contributed by atoms with van der Waals surface area (Å²) in [4.78, 5) is 13.9. The van der Waals surface area contributed by atoms with Gasteiger partial charge in [-0.15, -0.1) is 0 Å². The highest BCUT2D eigenvalue weighted by atomic mass is 16.6. The number of nitrogens with zero attached hydrogens (tertiary/aromatic N) is 1. The zero-order valence-corrected chi connectivity index (χ0v) is 13.9. The van der Waals surface area contributed by atoms with Gasteiger partial charge >= 0.3 is 6.09 Å². The number of piperidine rings is 1. The van der Waals surface area contributed by atoms with Gasteiger partial charge in [0.05, 0.1) is 6.10 Å². The number of amides is 1. The molecule has 0 unspecified atom stereocenters. The van der Waals surface area contributed by atoms with E-state index in [1.165, 1.54) is 12.8 Å². The number of carbonyl (C=O) groups excluding carboxylic acids is 1. The molecule has 0 atom stereocenters. The van der Waals surface area contributed by atoms with Gasteiger partial charge in [0.15, 0.2) is 0 Å². The molecule has 2 aliphatic rings. The van der Waals surface area contributed by atoms with Crippen molar-refractivity contribution in [3.63, 3.8) is 0 Å². The molecule has 0 N–H and O–H groups in total. The number of ether oxygens (including phenoxy) is 2. The summed E-state index contributed by atoms with van der Waals surface area (Å²) in [5.74, 6) is 1.42. The molecule has 0 spiro atoms. The maximum atomic E-state index is 12.1. The fourth-order valence-corrected chi connectivity index (χ4v) is 3.33. The maximum Gasteiger partial charge on any atom is 0.410 e. The lowest BCUT2D eigenvalue weighted by molar-refractivity contribution is -0.0476. The normalized spacial score (nSPS) is 25.0. The van der Waals surface area contributed by atoms with Gasteiger partial charge in [0.25, 0.3) is 0 Å². The van der Waals surface area contributed by atoms with Crippen LogP contribution in [0.3, 0.4) is 0 Å². The van der Waals surface area contributed by atoms with Crippen LogP contribution in [0.15, 0.2) is 30.3 Å². The van der Waals surface area contributed by atoms with Crippen molar-refractivity contribution in [2.45, 2.75) is 45.3 Å². The van der Waals surface area contributed by atoms with Crippen LogP contribution in [0.5, 0.6) is 0 Å². The first-order valence-electron chi connectivity index (χ1n) is 8.78. The first-order valence-corrected chi connectivity index (χ1v) is 8.78. The van der Waals surface area contributed by atoms with Gasteiger partial charge < -0.3 is 14.4 Å². The standard InChI is InChI=1S/C19H27NO3/c1-15-11-18(12-15)22-13-17-7-9-20(10-8-17)19(21)23-14-16-5-3-2-4-6-16/h2-6,15,17-18H,7-14H2,1H3. The van der Waals surface area contributed by atoms with Crippen LogP contribution in [0.25, 0.3) is 0 Å². The first kappa shape index (κ1) is 16.3. The molecule has 1 saturated heterocycles. The van der Waals surface area contributed by atoms with Gasteiger partial charge in [0, 0.05) is 19.7 Å². The highest BCUT2D eigenvalue weighted by Crippen LogP contribution is 2.30. The smallest absolute Gasteiger partial charge is 0.410 e. The maximum absolute atomic E-state index is 12.1. The average molecular weight is 317 g/mol. The molecule has 0 aromatic heterocycles. The molecule has 1 amide bonds. The Bertz CT molecular complexity index is 491. The second-order valence-electron chi connectivity index (χ2n) is 7.00. The van der Waals surface area contributed by atoms with Gasteiger partial charge in [-0.2, -0.15) is 0 Å². The largest absolute Gasteiger partial charge is 0.445 e. The number of hydrogen-bond acceptors (Lipinski definition) is 3. The molecule has 0 radical (unpaired) electrons. The van der Waals surface area contributed by atoms with E-state index in [4.69, 9.17) is 9.47 Å². The Balaban J connectivity index is 1.32. The molecule has 1 aromatic rings. The fraction of sp³-hybridized carbons (Fsp3) is 0.632. The molecular formula is C19H27NO3. The van der Waals surface area contributed by atoms with Crippen molar-refractivity contribution in [1.29, 1.82) is 0 Å². The average Bonchev–Trinajstić information content (AvgIpc) is 2.57. The van der Waals surface area contributed by atoms with Crippen molar-refractivity contribution in [1.82, 2.24) is 4.90 Å². The van der Waals surface area contributed by atoms with Crippen molar-refractivity contribution in [2.24, 2.45) is 11.8 Å². The lowest BCUT2D eigenvalue weighted by Crippen LogP contribution is -2.40. The summed E-state index contributed by atoms with van der Waals surface area (Å²) in [6.07, 6.45) is 4.75. The zero-order chi connectivity index (χ0) is 16.1. The second kappa shape index (κ2) is 7.82. The van der Waals surface area contributed by atoms with Crippen molar-refractivity contribution < 1.29 is 14.3 Å². The fourth-order valence-electron chi connectivity index (χ4n) is 3.33. The van der Waals surface area contributed by atoms with Crippen molar-refractivity contribution in [2.75, 3.05) is 19.7 Å². The molecular weight excluding hydrogens is 290 g/mol. The van der Waals surface area contributed by atoms with Crippen LogP contribution in [-0.4, -0.2) is 36.8 Å². The lowest BCUT2D eigenvalue weighted by Gasteiger charge is -2.36. The zero-order valence-electron chi connectivity index (χ0n) is 13.9. The number of hydrogen-bond donors (Lipinski definition) is 0. The summed E-state index contributed by atoms with van der Waals surface area (Å²) < 4.78 is 11.3. The van der Waals surface area contributed by atoms with Crippen molar-refractivity contribution in [3.8, 4) is 0 Å². The van der Waals surface area contributed by atoms with Crippen LogP contribution >= 0.6 is 0 Å². The van der Waals surface area contributed by atoms with Crippen LogP contribution in [0.4, 0.5) is 4.79 Å². The quantitative estimate of drug-likeness (QED) is 0.828. The highest BCUT2D eigenvalue weighted by Gasteiger charge is 2.28. The molecule has 1 aliphatic carbocycles. The monoisotopic (exact) mass is 317 g/mol. The summed E-state index contributed by atoms with van der Waals surface area (Å²) in [7, 11) is 0. The van der Waals surface area contributed by atoms with Gasteiger partial charge in [-0.05, 0) is 43.1 Å². The summed E-state index contributed by atoms with van der Waals surface area (Å²) in [5, 5.41) is 0. The van der Waals surface area contributed by atoms with Crippen LogP contribution in [0, 0.1) is 11.8 Å². The Kier molecular flexibility index (Phi) is 5.55. The Labute approximate surface area is 138 Å². The Morgan fingerprint density at radius 2 is 1.87 bits per heavy atom. The van der Waals surface area contributed by atoms with Gasteiger partial charge in [-0.25, -0.2) is 4.79 Å². The topological polar surface area (TPSA) is 38.8 Å². The third kappa shape index (κ3) is 4.71. The number of likely N-dealkylation sites (tertiary alicyclic amines) is 1. The van der Waals surface area contributed by atoms with E-state index in [0.29, 0.717) is 18.6 Å². The predicted octanol–water partition coefficient (Wildman–Crippen LogP) is 3.85. The third-order valence-electron chi connectivity index (χ3n) is 4.98. The number of rotatable bonds is 5. The predicted molar refractivity (Wildman–Crippen MR) is 89.1 cm³/mol. The van der Waals surface area contributed by atoms with Crippen LogP contribution in [0.1, 0.15) is 38.2 Å². The first-order chi connectivity index (χ1) is 11.2. The van der Waals surface area contributed by atoms with E-state index in [1.807, 2.05) is 35.2 Å². The van der Waals surface area contributed by atoms with E-state index in [2.05, 4.69) is 6.92 Å². The molecule has 4 nitrogen and oxygen atoms in total. The summed E-state index contributed by atoms with van der Waals surface area (Å²) >= 11 is 0. The van der Waals surface area contributed by atoms with E-state index >= 15 is 0 Å². The SMILES string of the molecule is CC1CC(OCC2CCN(C(=O)OCc3ccccc3)CC2)C1. The molecule has 2 fully saturated rings. The third-order valence-corrected chi connectivity index (χ3v) is 4.98. The van der Waals surface area contributed by atoms with Gasteiger partial charge in [-0.1, -0.05) is 37.3 Å². The van der Waals surface area contributed by atoms with E-state index in [1.54, 1.807) is 0 Å². The van der Waals surface area contributed by atoms with Crippen LogP contribution < -0.4 is 0 Å². The molecule has 1 aromatic carbocycles. The van der Waals surface area contributed by atoms with E-state index < -0.39 is 0 Å². The highest BCUT2D eigenvalue weighted by molar-refractivity contribution is 5.67. The molecule has 23 heavy (non-hydrogen) atoms. The minimum atomic E-state index is -0.193. The molecule has 126 valence electrons. The molecule has 4 heteroatoms. The van der Waals surface area contributed by atoms with Crippen molar-refractivity contribution >= 4 is 6.09 Å². The molecule has 3 rings (SSSR count). The van der Waals surface area contributed by atoms with E-state index in [-0.39, 0.29) is 6.09 Å². The van der Waals surface area contributed by atoms with Gasteiger partial charge in [0.2, 0.25) is 0 Å². The molecule has 1 heterocycles. The summed E-state index contributed by atoms with van der Waals surface area (Å²) in [5.41, 5.74) is 1.03. The minimum absolute atomic E-state index is 0.193. The van der Waals surface area contributed by atoms with Crippen LogP contribution in [0.2, 0.25) is 0 Å². The summed E-state index contributed by atoms with van der Waals surface area (Å²) in [6.45, 7) is 5.04. The Hall–Kier alpha value is -1.55. The van der Waals surface area contributed by atoms with E-state index in [0.717, 1.165) is 44.0 Å². The number of carbonyl (C=O) groups is 1. The van der Waals surface area contributed by atoms with Crippen molar-refractivity contribution in [3.05, 3.63) is 35.9 Å². The van der Waals surface area contributed by atoms with Gasteiger partial charge in [-0.3, -0.25) is 0 Å². The Morgan fingerprint density at radius 3 is 2.52 bits per heavy atom. The van der Waals surface area contributed by atoms with Gasteiger partial charge in [0.1, 0.15) is 6.61 Å². The van der Waals surface area contributed by atoms with Crippen LogP contribution in [-0.2, 0) is 16.1 Å². The second-order valence-corrected chi connectivity index (χ2v) is 7.00. The molecule has 0 bridgehead atoms. The van der Waals surface area contributed by atoms with E-state index in [9.17, 15) is 4.79 Å². The number of benzene rings is 1. The molecule has 1 saturated carbocycles. The Morgan fingerprint density at radius 1 is 1.17 bits per heavy atom. The minimum Gasteiger partial charge on any atom is -0.445 e. The molecule has 1 aliphatic heterocycles.